The van der Waals surface area contributed by atoms with Crippen LogP contribution in [0.1, 0.15) is 0 Å². The summed E-state index contributed by atoms with van der Waals surface area (Å²) < 4.78 is 36.5. The van der Waals surface area contributed by atoms with Gasteiger partial charge in [0, 0.05) is 12.1 Å². The molecule has 0 aliphatic heterocycles. The minimum Gasteiger partial charge on any atom is -0.506 e. The van der Waals surface area contributed by atoms with E-state index in [9.17, 15) is 13.5 Å². The molecule has 0 fully saturated rings. The first-order valence-corrected chi connectivity index (χ1v) is 7.42. The lowest BCUT2D eigenvalue weighted by atomic mass is 10.3. The van der Waals surface area contributed by atoms with Gasteiger partial charge in [0.2, 0.25) is 5.88 Å². The number of nitrogens with two attached hydrogens (primary N) is 1. The number of anilines is 2. The lowest BCUT2D eigenvalue weighted by Crippen LogP contribution is -2.14. The second-order valence-corrected chi connectivity index (χ2v) is 5.79. The highest BCUT2D eigenvalue weighted by molar-refractivity contribution is 7.92. The Balaban J connectivity index is 2.37. The zero-order chi connectivity index (χ0) is 16.3. The number of hydrogen-bond donors (Lipinski definition) is 3. The summed E-state index contributed by atoms with van der Waals surface area (Å²) in [4.78, 5) is 7.54. The van der Waals surface area contributed by atoms with Crippen molar-refractivity contribution in [3.8, 4) is 17.6 Å². The highest BCUT2D eigenvalue weighted by Crippen LogP contribution is 2.25. The average molecular weight is 326 g/mol. The lowest BCUT2D eigenvalue weighted by molar-refractivity contribution is 0.353. The van der Waals surface area contributed by atoms with Crippen LogP contribution in [0.2, 0.25) is 0 Å². The summed E-state index contributed by atoms with van der Waals surface area (Å²) in [6.07, 6.45) is 0. The molecule has 0 spiro atoms. The quantitative estimate of drug-likeness (QED) is 0.536. The highest BCUT2D eigenvalue weighted by atomic mass is 32.2. The molecule has 1 heterocycles. The van der Waals surface area contributed by atoms with Crippen LogP contribution in [0.25, 0.3) is 0 Å². The van der Waals surface area contributed by atoms with Crippen LogP contribution in [0.15, 0.2) is 29.2 Å². The number of methoxy groups -OCH3 is 2. The van der Waals surface area contributed by atoms with Crippen molar-refractivity contribution in [2.24, 2.45) is 0 Å². The van der Waals surface area contributed by atoms with Gasteiger partial charge >= 0.3 is 6.01 Å². The summed E-state index contributed by atoms with van der Waals surface area (Å²) in [5.74, 6) is -0.245. The Morgan fingerprint density at radius 3 is 2.50 bits per heavy atom. The zero-order valence-electron chi connectivity index (χ0n) is 11.8. The van der Waals surface area contributed by atoms with Crippen LogP contribution in [0, 0.1) is 0 Å². The van der Waals surface area contributed by atoms with Gasteiger partial charge in [0.1, 0.15) is 5.75 Å². The molecule has 4 N–H and O–H groups in total. The summed E-state index contributed by atoms with van der Waals surface area (Å²) in [6.45, 7) is 0. The third kappa shape index (κ3) is 3.28. The molecule has 0 aliphatic rings. The molecular weight excluding hydrogens is 312 g/mol. The van der Waals surface area contributed by atoms with Crippen LogP contribution in [-0.2, 0) is 10.0 Å². The molecule has 22 heavy (non-hydrogen) atoms. The third-order valence-corrected chi connectivity index (χ3v) is 3.98. The Labute approximate surface area is 126 Å². The number of nitrogen functional groups attached to an aromatic ring is 1. The second kappa shape index (κ2) is 5.93. The van der Waals surface area contributed by atoms with E-state index in [1.54, 1.807) is 0 Å². The van der Waals surface area contributed by atoms with Crippen molar-refractivity contribution in [2.75, 3.05) is 24.7 Å². The molecule has 0 bridgehead atoms. The first-order valence-electron chi connectivity index (χ1n) is 5.94. The van der Waals surface area contributed by atoms with Gasteiger partial charge in [-0.3, -0.25) is 4.72 Å². The SMILES string of the molecule is COc1cc(NS(=O)(=O)c2ccc(N)c(O)c2)nc(OC)n1. The van der Waals surface area contributed by atoms with E-state index in [0.29, 0.717) is 0 Å². The molecule has 0 saturated carbocycles. The Hall–Kier alpha value is -2.75. The van der Waals surface area contributed by atoms with Crippen molar-refractivity contribution in [2.45, 2.75) is 4.90 Å². The van der Waals surface area contributed by atoms with Gasteiger partial charge in [-0.05, 0) is 12.1 Å². The number of nitrogens with zero attached hydrogens (tertiary/aromatic N) is 2. The van der Waals surface area contributed by atoms with Crippen LogP contribution in [0.5, 0.6) is 17.6 Å². The van der Waals surface area contributed by atoms with Crippen molar-refractivity contribution < 1.29 is 23.0 Å². The number of aromatic hydroxyl groups is 1. The number of ether oxygens (including phenoxy) is 2. The minimum absolute atomic E-state index is 0.0417. The van der Waals surface area contributed by atoms with E-state index in [-0.39, 0.29) is 34.0 Å². The maximum atomic E-state index is 12.3. The molecule has 1 aromatic heterocycles. The molecular formula is C12H14N4O5S. The summed E-state index contributed by atoms with van der Waals surface area (Å²) in [6, 6.07) is 4.81. The molecule has 0 unspecified atom stereocenters. The average Bonchev–Trinajstić information content (AvgIpc) is 2.48. The minimum atomic E-state index is -3.97. The van der Waals surface area contributed by atoms with E-state index in [4.69, 9.17) is 15.2 Å². The number of rotatable bonds is 5. The Kier molecular flexibility index (Phi) is 4.22. The van der Waals surface area contributed by atoms with Crippen LogP contribution >= 0.6 is 0 Å². The molecule has 9 nitrogen and oxygen atoms in total. The number of sulfonamides is 1. The molecule has 0 atom stereocenters. The highest BCUT2D eigenvalue weighted by Gasteiger charge is 2.18. The van der Waals surface area contributed by atoms with Gasteiger partial charge in [0.25, 0.3) is 10.0 Å². The van der Waals surface area contributed by atoms with Crippen LogP contribution in [0.3, 0.4) is 0 Å². The van der Waals surface area contributed by atoms with E-state index in [2.05, 4.69) is 14.7 Å². The first-order chi connectivity index (χ1) is 10.4. The maximum absolute atomic E-state index is 12.3. The fourth-order valence-corrected chi connectivity index (χ4v) is 2.55. The number of nitrogens with one attached hydrogen (secondary N) is 1. The lowest BCUT2D eigenvalue weighted by Gasteiger charge is -2.10. The van der Waals surface area contributed by atoms with Crippen LogP contribution in [-0.4, -0.2) is 37.7 Å². The zero-order valence-corrected chi connectivity index (χ0v) is 12.6. The van der Waals surface area contributed by atoms with Gasteiger partial charge in [-0.25, -0.2) is 8.42 Å². The van der Waals surface area contributed by atoms with Crippen molar-refractivity contribution in [3.63, 3.8) is 0 Å². The first kappa shape index (κ1) is 15.6. The number of aromatic nitrogens is 2. The van der Waals surface area contributed by atoms with Gasteiger partial charge in [-0.15, -0.1) is 0 Å². The molecule has 10 heteroatoms. The molecule has 1 aromatic carbocycles. The van der Waals surface area contributed by atoms with Gasteiger partial charge in [-0.1, -0.05) is 0 Å². The van der Waals surface area contributed by atoms with Gasteiger partial charge < -0.3 is 20.3 Å². The van der Waals surface area contributed by atoms with Gasteiger partial charge in [-0.2, -0.15) is 9.97 Å². The molecule has 0 amide bonds. The van der Waals surface area contributed by atoms with Crippen LogP contribution in [0.4, 0.5) is 11.5 Å². The maximum Gasteiger partial charge on any atom is 0.321 e. The summed E-state index contributed by atoms with van der Waals surface area (Å²) in [5.41, 5.74) is 5.51. The molecule has 2 aromatic rings. The van der Waals surface area contributed by atoms with E-state index in [1.165, 1.54) is 32.4 Å². The van der Waals surface area contributed by atoms with E-state index >= 15 is 0 Å². The normalized spacial score (nSPS) is 11.0. The molecule has 0 aliphatic carbocycles. The predicted octanol–water partition coefficient (Wildman–Crippen LogP) is 0.582. The van der Waals surface area contributed by atoms with Crippen molar-refractivity contribution in [3.05, 3.63) is 24.3 Å². The van der Waals surface area contributed by atoms with E-state index < -0.39 is 10.0 Å². The fraction of sp³-hybridized carbons (Fsp3) is 0.167. The number of phenolic OH excluding ortho intramolecular Hbond substituents is 1. The van der Waals surface area contributed by atoms with Gasteiger partial charge in [0.05, 0.1) is 24.8 Å². The number of phenols is 1. The fourth-order valence-electron chi connectivity index (χ4n) is 1.54. The predicted molar refractivity (Wildman–Crippen MR) is 78.5 cm³/mol. The number of benzene rings is 1. The van der Waals surface area contributed by atoms with Crippen molar-refractivity contribution in [1.29, 1.82) is 0 Å². The standard InChI is InChI=1S/C12H14N4O5S/c1-20-11-6-10(14-12(15-11)21-2)16-22(18,19)7-3-4-8(13)9(17)5-7/h3-6,17H,13H2,1-2H3,(H,14,15,16). The summed E-state index contributed by atoms with van der Waals surface area (Å²) in [5, 5.41) is 9.51. The molecule has 0 saturated heterocycles. The summed E-state index contributed by atoms with van der Waals surface area (Å²) >= 11 is 0. The topological polar surface area (TPSA) is 137 Å². The largest absolute Gasteiger partial charge is 0.506 e. The smallest absolute Gasteiger partial charge is 0.321 e. The van der Waals surface area contributed by atoms with E-state index in [1.807, 2.05) is 0 Å². The van der Waals surface area contributed by atoms with Crippen molar-refractivity contribution >= 4 is 21.5 Å². The molecule has 118 valence electrons. The molecule has 0 radical (unpaired) electrons. The van der Waals surface area contributed by atoms with Crippen molar-refractivity contribution in [1.82, 2.24) is 9.97 Å². The second-order valence-electron chi connectivity index (χ2n) is 4.11. The summed E-state index contributed by atoms with van der Waals surface area (Å²) in [7, 11) is -1.26. The Bertz CT molecular complexity index is 772. The number of hydrogen-bond acceptors (Lipinski definition) is 8. The monoisotopic (exact) mass is 326 g/mol. The van der Waals surface area contributed by atoms with Gasteiger partial charge in [0.15, 0.2) is 5.82 Å². The van der Waals surface area contributed by atoms with Crippen LogP contribution < -0.4 is 19.9 Å². The molecule has 2 rings (SSSR count). The van der Waals surface area contributed by atoms with E-state index in [0.717, 1.165) is 6.07 Å². The Morgan fingerprint density at radius 2 is 1.91 bits per heavy atom. The third-order valence-electron chi connectivity index (χ3n) is 2.62. The Morgan fingerprint density at radius 1 is 1.18 bits per heavy atom.